The van der Waals surface area contributed by atoms with Gasteiger partial charge in [0.05, 0.1) is 18.6 Å². The molecule has 23 heavy (non-hydrogen) atoms. The van der Waals surface area contributed by atoms with Gasteiger partial charge in [-0.3, -0.25) is 9.69 Å². The van der Waals surface area contributed by atoms with Gasteiger partial charge in [-0.05, 0) is 38.3 Å². The number of hydrogen-bond acceptors (Lipinski definition) is 4. The Hall–Kier alpha value is -1.95. The van der Waals surface area contributed by atoms with Gasteiger partial charge in [0.25, 0.3) is 5.56 Å². The van der Waals surface area contributed by atoms with Crippen LogP contribution < -0.4 is 5.56 Å². The van der Waals surface area contributed by atoms with Gasteiger partial charge >= 0.3 is 0 Å². The van der Waals surface area contributed by atoms with Gasteiger partial charge in [-0.15, -0.1) is 0 Å². The molecule has 1 unspecified atom stereocenters. The van der Waals surface area contributed by atoms with Crippen molar-refractivity contribution in [2.24, 2.45) is 0 Å². The van der Waals surface area contributed by atoms with Crippen LogP contribution in [0.15, 0.2) is 35.6 Å². The molecular formula is C17H23N5O. The van der Waals surface area contributed by atoms with E-state index in [0.29, 0.717) is 18.5 Å². The predicted molar refractivity (Wildman–Crippen MR) is 87.3 cm³/mol. The fraction of sp³-hybridized carbons (Fsp3) is 0.588. The highest BCUT2D eigenvalue weighted by Crippen LogP contribution is 2.38. The first kappa shape index (κ1) is 14.6. The van der Waals surface area contributed by atoms with E-state index in [-0.39, 0.29) is 5.56 Å². The lowest BCUT2D eigenvalue weighted by atomic mass is 10.2. The van der Waals surface area contributed by atoms with Crippen LogP contribution in [-0.4, -0.2) is 43.4 Å². The van der Waals surface area contributed by atoms with E-state index >= 15 is 0 Å². The van der Waals surface area contributed by atoms with Gasteiger partial charge in [0, 0.05) is 43.5 Å². The second-order valence-electron chi connectivity index (χ2n) is 6.69. The van der Waals surface area contributed by atoms with Crippen molar-refractivity contribution in [3.05, 3.63) is 46.9 Å². The van der Waals surface area contributed by atoms with Gasteiger partial charge in [0.2, 0.25) is 0 Å². The average molecular weight is 313 g/mol. The summed E-state index contributed by atoms with van der Waals surface area (Å²) in [6, 6.07) is 4.01. The molecule has 2 aromatic heterocycles. The van der Waals surface area contributed by atoms with Crippen LogP contribution in [0.3, 0.4) is 0 Å². The number of rotatable bonds is 6. The molecule has 2 aliphatic rings. The van der Waals surface area contributed by atoms with Crippen molar-refractivity contribution in [3.8, 4) is 0 Å². The summed E-state index contributed by atoms with van der Waals surface area (Å²) in [5.74, 6) is 0.586. The molecule has 1 atom stereocenters. The summed E-state index contributed by atoms with van der Waals surface area (Å²) in [5, 5.41) is 4.60. The Labute approximate surface area is 135 Å². The predicted octanol–water partition coefficient (Wildman–Crippen LogP) is 1.48. The lowest BCUT2D eigenvalue weighted by molar-refractivity contribution is 0.216. The molecule has 6 nitrogen and oxygen atoms in total. The van der Waals surface area contributed by atoms with Gasteiger partial charge < -0.3 is 4.57 Å². The van der Waals surface area contributed by atoms with Gasteiger partial charge in [-0.1, -0.05) is 0 Å². The first-order valence-electron chi connectivity index (χ1n) is 8.57. The molecule has 1 aliphatic heterocycles. The Kier molecular flexibility index (Phi) is 3.99. The zero-order valence-corrected chi connectivity index (χ0v) is 13.3. The lowest BCUT2D eigenvalue weighted by Gasteiger charge is -2.24. The highest BCUT2D eigenvalue weighted by Gasteiger charge is 2.28. The summed E-state index contributed by atoms with van der Waals surface area (Å²) in [7, 11) is 0. The van der Waals surface area contributed by atoms with E-state index in [2.05, 4.69) is 19.5 Å². The maximum absolute atomic E-state index is 12.1. The van der Waals surface area contributed by atoms with Crippen molar-refractivity contribution < 1.29 is 0 Å². The van der Waals surface area contributed by atoms with Crippen molar-refractivity contribution in [1.82, 2.24) is 24.2 Å². The number of aromatic nitrogens is 4. The Balaban J connectivity index is 1.42. The van der Waals surface area contributed by atoms with E-state index in [4.69, 9.17) is 0 Å². The van der Waals surface area contributed by atoms with Crippen molar-refractivity contribution in [1.29, 1.82) is 0 Å². The summed E-state index contributed by atoms with van der Waals surface area (Å²) in [5.41, 5.74) is 1.11. The smallest absolute Gasteiger partial charge is 0.266 e. The normalized spacial score (nSPS) is 21.8. The van der Waals surface area contributed by atoms with Crippen molar-refractivity contribution >= 4 is 0 Å². The van der Waals surface area contributed by atoms with Crippen LogP contribution in [0.2, 0.25) is 0 Å². The topological polar surface area (TPSA) is 56.0 Å². The molecule has 0 aromatic carbocycles. The van der Waals surface area contributed by atoms with Crippen molar-refractivity contribution in [2.45, 2.75) is 50.7 Å². The maximum atomic E-state index is 12.1. The molecule has 0 spiro atoms. The molecule has 4 rings (SSSR count). The number of hydrogen-bond donors (Lipinski definition) is 0. The molecule has 2 aromatic rings. The molecular weight excluding hydrogens is 290 g/mol. The standard InChI is InChI=1S/C17H23N5O/c23-17-6-5-16(14-3-4-14)19-22(17)12-15-2-1-8-21(15)11-10-20-9-7-18-13-20/h5-7,9,13-15H,1-4,8,10-12H2. The minimum absolute atomic E-state index is 0.0239. The molecule has 0 bridgehead atoms. The van der Waals surface area contributed by atoms with Crippen LogP contribution >= 0.6 is 0 Å². The van der Waals surface area contributed by atoms with Crippen LogP contribution in [0.1, 0.15) is 37.3 Å². The molecule has 122 valence electrons. The van der Waals surface area contributed by atoms with Gasteiger partial charge in [0.15, 0.2) is 0 Å². The zero-order valence-electron chi connectivity index (χ0n) is 13.3. The van der Waals surface area contributed by atoms with E-state index in [1.54, 1.807) is 10.7 Å². The highest BCUT2D eigenvalue weighted by atomic mass is 16.1. The third kappa shape index (κ3) is 3.37. The monoisotopic (exact) mass is 313 g/mol. The Morgan fingerprint density at radius 2 is 2.09 bits per heavy atom. The number of likely N-dealkylation sites (tertiary alicyclic amines) is 1. The Bertz CT molecular complexity index is 704. The zero-order chi connectivity index (χ0) is 15.6. The maximum Gasteiger partial charge on any atom is 0.266 e. The Morgan fingerprint density at radius 1 is 1.17 bits per heavy atom. The fourth-order valence-corrected chi connectivity index (χ4v) is 3.45. The van der Waals surface area contributed by atoms with E-state index in [9.17, 15) is 4.79 Å². The van der Waals surface area contributed by atoms with Crippen LogP contribution in [0, 0.1) is 0 Å². The molecule has 0 N–H and O–H groups in total. The molecule has 0 radical (unpaired) electrons. The second kappa shape index (κ2) is 6.28. The lowest BCUT2D eigenvalue weighted by Crippen LogP contribution is -2.38. The van der Waals surface area contributed by atoms with E-state index in [1.165, 1.54) is 19.3 Å². The number of nitrogens with zero attached hydrogens (tertiary/aromatic N) is 5. The third-order valence-electron chi connectivity index (χ3n) is 4.97. The summed E-state index contributed by atoms with van der Waals surface area (Å²) in [4.78, 5) is 18.7. The third-order valence-corrected chi connectivity index (χ3v) is 4.97. The molecule has 6 heteroatoms. The van der Waals surface area contributed by atoms with Crippen LogP contribution in [-0.2, 0) is 13.1 Å². The van der Waals surface area contributed by atoms with Crippen LogP contribution in [0.5, 0.6) is 0 Å². The van der Waals surface area contributed by atoms with Gasteiger partial charge in [-0.2, -0.15) is 5.10 Å². The minimum Gasteiger partial charge on any atom is -0.336 e. The molecule has 2 fully saturated rings. The van der Waals surface area contributed by atoms with Crippen LogP contribution in [0.25, 0.3) is 0 Å². The molecule has 0 amide bonds. The second-order valence-corrected chi connectivity index (χ2v) is 6.69. The fourth-order valence-electron chi connectivity index (χ4n) is 3.45. The molecule has 3 heterocycles. The SMILES string of the molecule is O=c1ccc(C2CC2)nn1CC1CCCN1CCn1ccnc1. The molecule has 1 saturated heterocycles. The summed E-state index contributed by atoms with van der Waals surface area (Å²) in [6.45, 7) is 3.76. The van der Waals surface area contributed by atoms with Gasteiger partial charge in [0.1, 0.15) is 0 Å². The quantitative estimate of drug-likeness (QED) is 0.810. The Morgan fingerprint density at radius 3 is 2.87 bits per heavy atom. The van der Waals surface area contributed by atoms with Gasteiger partial charge in [-0.25, -0.2) is 9.67 Å². The van der Waals surface area contributed by atoms with Crippen LogP contribution in [0.4, 0.5) is 0 Å². The van der Waals surface area contributed by atoms with Crippen molar-refractivity contribution in [2.75, 3.05) is 13.1 Å². The van der Waals surface area contributed by atoms with E-state index in [1.807, 2.05) is 24.8 Å². The summed E-state index contributed by atoms with van der Waals surface area (Å²) in [6.07, 6.45) is 10.4. The highest BCUT2D eigenvalue weighted by molar-refractivity contribution is 5.12. The summed E-state index contributed by atoms with van der Waals surface area (Å²) >= 11 is 0. The minimum atomic E-state index is 0.0239. The van der Waals surface area contributed by atoms with E-state index < -0.39 is 0 Å². The number of imidazole rings is 1. The first-order chi connectivity index (χ1) is 11.3. The first-order valence-corrected chi connectivity index (χ1v) is 8.57. The molecule has 1 aliphatic carbocycles. The average Bonchev–Trinajstić information content (AvgIpc) is 3.09. The summed E-state index contributed by atoms with van der Waals surface area (Å²) < 4.78 is 3.79. The largest absolute Gasteiger partial charge is 0.336 e. The van der Waals surface area contributed by atoms with Crippen molar-refractivity contribution in [3.63, 3.8) is 0 Å². The molecule has 1 saturated carbocycles. The van der Waals surface area contributed by atoms with E-state index in [0.717, 1.165) is 31.7 Å².